The Bertz CT molecular complexity index is 442. The lowest BCUT2D eigenvalue weighted by atomic mass is 9.77. The zero-order valence-corrected chi connectivity index (χ0v) is 9.83. The second kappa shape index (κ2) is 2.88. The fourth-order valence-electron chi connectivity index (χ4n) is 3.05. The number of aliphatic hydroxyl groups is 2. The molecule has 0 radical (unpaired) electrons. The van der Waals surface area contributed by atoms with Crippen molar-refractivity contribution in [3.05, 3.63) is 34.9 Å². The van der Waals surface area contributed by atoms with Crippen LogP contribution in [0.3, 0.4) is 0 Å². The zero-order chi connectivity index (χ0) is 11.6. The van der Waals surface area contributed by atoms with Crippen LogP contribution in [0.4, 0.5) is 0 Å². The summed E-state index contributed by atoms with van der Waals surface area (Å²) in [5.74, 6) is 0.556. The Morgan fingerprint density at radius 1 is 1.44 bits per heavy atom. The van der Waals surface area contributed by atoms with Gasteiger partial charge in [-0.3, -0.25) is 0 Å². The second-order valence-corrected chi connectivity index (χ2v) is 5.57. The molecule has 0 spiro atoms. The van der Waals surface area contributed by atoms with E-state index in [9.17, 15) is 10.2 Å². The SMILES string of the molecule is CCC(C)(O)c1ccc2c(c1)C1(O)CC2C1. The zero-order valence-electron chi connectivity index (χ0n) is 9.83. The van der Waals surface area contributed by atoms with Crippen LogP contribution in [0.25, 0.3) is 0 Å². The predicted octanol–water partition coefficient (Wildman–Crippen LogP) is 2.38. The maximum atomic E-state index is 10.3. The molecule has 0 heterocycles. The molecule has 2 nitrogen and oxygen atoms in total. The van der Waals surface area contributed by atoms with Gasteiger partial charge in [-0.2, -0.15) is 0 Å². The molecule has 4 rings (SSSR count). The summed E-state index contributed by atoms with van der Waals surface area (Å²) in [6.07, 6.45) is 2.44. The van der Waals surface area contributed by atoms with Crippen molar-refractivity contribution in [3.8, 4) is 0 Å². The van der Waals surface area contributed by atoms with Gasteiger partial charge >= 0.3 is 0 Å². The van der Waals surface area contributed by atoms with Crippen LogP contribution in [-0.2, 0) is 11.2 Å². The Morgan fingerprint density at radius 2 is 2.12 bits per heavy atom. The third-order valence-corrected chi connectivity index (χ3v) is 4.47. The summed E-state index contributed by atoms with van der Waals surface area (Å²) in [6, 6.07) is 6.10. The van der Waals surface area contributed by atoms with Crippen molar-refractivity contribution >= 4 is 0 Å². The third kappa shape index (κ3) is 1.14. The largest absolute Gasteiger partial charge is 0.385 e. The monoisotopic (exact) mass is 218 g/mol. The Labute approximate surface area is 95.9 Å². The summed E-state index contributed by atoms with van der Waals surface area (Å²) in [4.78, 5) is 0. The highest BCUT2D eigenvalue weighted by Gasteiger charge is 2.53. The first-order valence-corrected chi connectivity index (χ1v) is 6.06. The van der Waals surface area contributed by atoms with Crippen LogP contribution >= 0.6 is 0 Å². The van der Waals surface area contributed by atoms with Crippen molar-refractivity contribution in [2.24, 2.45) is 0 Å². The number of rotatable bonds is 2. The summed E-state index contributed by atoms with van der Waals surface area (Å²) in [7, 11) is 0. The van der Waals surface area contributed by atoms with Crippen LogP contribution in [-0.4, -0.2) is 10.2 Å². The molecule has 3 aliphatic carbocycles. The number of benzene rings is 1. The lowest BCUT2D eigenvalue weighted by Gasteiger charge is -2.33. The standard InChI is InChI=1S/C14H18O2/c1-3-13(2,15)10-4-5-11-9-7-14(16,8-9)12(11)6-10/h4-6,9,15-16H,3,7-8H2,1-2H3. The number of hydrogen-bond acceptors (Lipinski definition) is 2. The molecule has 16 heavy (non-hydrogen) atoms. The molecule has 0 aromatic heterocycles. The van der Waals surface area contributed by atoms with Crippen LogP contribution in [0.15, 0.2) is 18.2 Å². The molecule has 0 saturated heterocycles. The molecule has 0 aliphatic heterocycles. The summed E-state index contributed by atoms with van der Waals surface area (Å²) >= 11 is 0. The quantitative estimate of drug-likeness (QED) is 0.800. The maximum absolute atomic E-state index is 10.3. The molecule has 1 aromatic carbocycles. The first kappa shape index (κ1) is 10.3. The van der Waals surface area contributed by atoms with Crippen molar-refractivity contribution in [2.45, 2.75) is 50.2 Å². The van der Waals surface area contributed by atoms with E-state index in [4.69, 9.17) is 0 Å². The molecule has 1 saturated carbocycles. The van der Waals surface area contributed by atoms with Gasteiger partial charge < -0.3 is 10.2 Å². The summed E-state index contributed by atoms with van der Waals surface area (Å²) in [5, 5.41) is 20.5. The van der Waals surface area contributed by atoms with Gasteiger partial charge in [0.05, 0.1) is 11.2 Å². The van der Waals surface area contributed by atoms with E-state index in [1.807, 2.05) is 26.0 Å². The van der Waals surface area contributed by atoms with Crippen LogP contribution in [0, 0.1) is 0 Å². The first-order chi connectivity index (χ1) is 7.46. The van der Waals surface area contributed by atoms with Gasteiger partial charge in [0.1, 0.15) is 0 Å². The van der Waals surface area contributed by atoms with Crippen LogP contribution in [0.5, 0.6) is 0 Å². The van der Waals surface area contributed by atoms with Crippen molar-refractivity contribution in [3.63, 3.8) is 0 Å². The summed E-state index contributed by atoms with van der Waals surface area (Å²) < 4.78 is 0. The topological polar surface area (TPSA) is 40.5 Å². The van der Waals surface area contributed by atoms with Crippen LogP contribution < -0.4 is 0 Å². The van der Waals surface area contributed by atoms with Crippen molar-refractivity contribution < 1.29 is 10.2 Å². The van der Waals surface area contributed by atoms with E-state index in [-0.39, 0.29) is 0 Å². The Hall–Kier alpha value is -0.860. The minimum atomic E-state index is -0.779. The second-order valence-electron chi connectivity index (χ2n) is 5.57. The minimum Gasteiger partial charge on any atom is -0.385 e. The highest BCUT2D eigenvalue weighted by atomic mass is 16.3. The molecule has 2 N–H and O–H groups in total. The van der Waals surface area contributed by atoms with Gasteiger partial charge in [-0.1, -0.05) is 19.1 Å². The van der Waals surface area contributed by atoms with Crippen LogP contribution in [0.1, 0.15) is 55.7 Å². The molecule has 1 aromatic rings. The lowest BCUT2D eigenvalue weighted by molar-refractivity contribution is -0.0322. The molecule has 2 heteroatoms. The minimum absolute atomic E-state index is 0.556. The molecular weight excluding hydrogens is 200 g/mol. The van der Waals surface area contributed by atoms with Gasteiger partial charge in [-0.15, -0.1) is 0 Å². The molecule has 2 bridgehead atoms. The Balaban J connectivity index is 2.08. The highest BCUT2D eigenvalue weighted by Crippen LogP contribution is 2.60. The van der Waals surface area contributed by atoms with Crippen molar-refractivity contribution in [1.82, 2.24) is 0 Å². The van der Waals surface area contributed by atoms with Gasteiger partial charge in [0.25, 0.3) is 0 Å². The third-order valence-electron chi connectivity index (χ3n) is 4.47. The Morgan fingerprint density at radius 3 is 2.75 bits per heavy atom. The van der Waals surface area contributed by atoms with E-state index >= 15 is 0 Å². The smallest absolute Gasteiger partial charge is 0.0911 e. The fourth-order valence-corrected chi connectivity index (χ4v) is 3.05. The van der Waals surface area contributed by atoms with Gasteiger partial charge in [0, 0.05) is 0 Å². The average molecular weight is 218 g/mol. The van der Waals surface area contributed by atoms with E-state index in [1.165, 1.54) is 5.56 Å². The molecule has 0 amide bonds. The Kier molecular flexibility index (Phi) is 1.85. The van der Waals surface area contributed by atoms with Crippen molar-refractivity contribution in [1.29, 1.82) is 0 Å². The van der Waals surface area contributed by atoms with Gasteiger partial charge in [-0.05, 0) is 54.9 Å². The molecule has 3 aliphatic rings. The molecule has 1 atom stereocenters. The van der Waals surface area contributed by atoms with E-state index in [0.29, 0.717) is 12.3 Å². The van der Waals surface area contributed by atoms with Gasteiger partial charge in [0.2, 0.25) is 0 Å². The normalized spacial score (nSPS) is 34.1. The summed E-state index contributed by atoms with van der Waals surface area (Å²) in [5.41, 5.74) is 1.91. The molecule has 1 unspecified atom stereocenters. The average Bonchev–Trinajstić information content (AvgIpc) is 2.65. The maximum Gasteiger partial charge on any atom is 0.0911 e. The molecule has 1 fully saturated rings. The molecular formula is C14H18O2. The van der Waals surface area contributed by atoms with Crippen LogP contribution in [0.2, 0.25) is 0 Å². The van der Waals surface area contributed by atoms with E-state index < -0.39 is 11.2 Å². The van der Waals surface area contributed by atoms with Gasteiger partial charge in [-0.25, -0.2) is 0 Å². The predicted molar refractivity (Wildman–Crippen MR) is 62.2 cm³/mol. The highest BCUT2D eigenvalue weighted by molar-refractivity contribution is 5.49. The lowest BCUT2D eigenvalue weighted by Crippen LogP contribution is -2.31. The van der Waals surface area contributed by atoms with E-state index in [2.05, 4.69) is 6.07 Å². The molecule has 86 valence electrons. The number of hydrogen-bond donors (Lipinski definition) is 2. The fraction of sp³-hybridized carbons (Fsp3) is 0.571. The first-order valence-electron chi connectivity index (χ1n) is 6.06. The van der Waals surface area contributed by atoms with E-state index in [0.717, 1.165) is 24.0 Å². The van der Waals surface area contributed by atoms with Crippen molar-refractivity contribution in [2.75, 3.05) is 0 Å². The summed E-state index contributed by atoms with van der Waals surface area (Å²) in [6.45, 7) is 3.81. The van der Waals surface area contributed by atoms with Gasteiger partial charge in [0.15, 0.2) is 0 Å². The van der Waals surface area contributed by atoms with E-state index in [1.54, 1.807) is 0 Å².